The summed E-state index contributed by atoms with van der Waals surface area (Å²) in [5.41, 5.74) is 4.66. The number of allylic oxidation sites excluding steroid dienone is 4. The van der Waals surface area contributed by atoms with E-state index >= 15 is 0 Å². The van der Waals surface area contributed by atoms with Crippen LogP contribution in [0.1, 0.15) is 98.8 Å². The highest BCUT2D eigenvalue weighted by molar-refractivity contribution is 5.34. The molecule has 0 spiro atoms. The van der Waals surface area contributed by atoms with Crippen LogP contribution in [0, 0.1) is 40.4 Å². The van der Waals surface area contributed by atoms with Gasteiger partial charge in [0.25, 0.3) is 0 Å². The maximum absolute atomic E-state index is 10.2. The summed E-state index contributed by atoms with van der Waals surface area (Å²) in [5, 5.41) is 10.2. The molecular weight excluding hydrogens is 340 g/mol. The smallest absolute Gasteiger partial charge is 0.0543 e. The molecule has 0 heterocycles. The molecule has 28 heavy (non-hydrogen) atoms. The summed E-state index contributed by atoms with van der Waals surface area (Å²) in [5.74, 6) is 3.85. The van der Waals surface area contributed by atoms with Crippen LogP contribution < -0.4 is 0 Å². The third-order valence-corrected chi connectivity index (χ3v) is 10.1. The third kappa shape index (κ3) is 3.24. The zero-order valence-electron chi connectivity index (χ0n) is 19.1. The van der Waals surface area contributed by atoms with E-state index in [4.69, 9.17) is 0 Å². The summed E-state index contributed by atoms with van der Waals surface area (Å²) < 4.78 is 0. The van der Waals surface area contributed by atoms with Crippen LogP contribution in [0.25, 0.3) is 0 Å². The Labute approximate surface area is 174 Å². The van der Waals surface area contributed by atoms with Crippen molar-refractivity contribution in [2.24, 2.45) is 40.4 Å². The van der Waals surface area contributed by atoms with Gasteiger partial charge in [-0.15, -0.1) is 0 Å². The van der Waals surface area contributed by atoms with Crippen molar-refractivity contribution in [1.82, 2.24) is 0 Å². The van der Waals surface area contributed by atoms with Gasteiger partial charge >= 0.3 is 0 Å². The van der Waals surface area contributed by atoms with Crippen LogP contribution in [-0.4, -0.2) is 11.2 Å². The van der Waals surface area contributed by atoms with E-state index < -0.39 is 0 Å². The van der Waals surface area contributed by atoms with Gasteiger partial charge in [-0.3, -0.25) is 0 Å². The fourth-order valence-corrected chi connectivity index (χ4v) is 7.98. The predicted octanol–water partition coefficient (Wildman–Crippen LogP) is 7.31. The highest BCUT2D eigenvalue weighted by atomic mass is 16.3. The quantitative estimate of drug-likeness (QED) is 0.504. The molecule has 0 bridgehead atoms. The molecular formula is C27H44O. The van der Waals surface area contributed by atoms with Crippen molar-refractivity contribution in [2.75, 3.05) is 0 Å². The molecule has 8 atom stereocenters. The van der Waals surface area contributed by atoms with E-state index in [9.17, 15) is 5.11 Å². The second-order valence-corrected chi connectivity index (χ2v) is 11.5. The third-order valence-electron chi connectivity index (χ3n) is 10.1. The molecule has 0 aromatic carbocycles. The Balaban J connectivity index is 1.58. The first kappa shape index (κ1) is 20.7. The van der Waals surface area contributed by atoms with Gasteiger partial charge in [-0.2, -0.15) is 0 Å². The van der Waals surface area contributed by atoms with Gasteiger partial charge in [-0.25, -0.2) is 0 Å². The highest BCUT2D eigenvalue weighted by Gasteiger charge is 2.55. The number of aliphatic hydroxyl groups excluding tert-OH is 1. The molecule has 1 N–H and O–H groups in total. The Kier molecular flexibility index (Phi) is 5.62. The SMILES string of the molecule is CCC(C)C=CC(C)C1CCC2C3=C(CCC21C)C1(C)CCC(O)CC1CC3. The lowest BCUT2D eigenvalue weighted by Gasteiger charge is -2.55. The minimum Gasteiger partial charge on any atom is -0.393 e. The first-order valence-electron chi connectivity index (χ1n) is 12.4. The second kappa shape index (κ2) is 7.60. The van der Waals surface area contributed by atoms with Crippen molar-refractivity contribution in [1.29, 1.82) is 0 Å². The van der Waals surface area contributed by atoms with E-state index in [2.05, 4.69) is 46.8 Å². The molecule has 0 aromatic rings. The van der Waals surface area contributed by atoms with Crippen molar-refractivity contribution in [3.63, 3.8) is 0 Å². The normalized spacial score (nSPS) is 45.5. The van der Waals surface area contributed by atoms with Crippen LogP contribution >= 0.6 is 0 Å². The van der Waals surface area contributed by atoms with Crippen LogP contribution in [0.15, 0.2) is 23.3 Å². The maximum atomic E-state index is 10.2. The van der Waals surface area contributed by atoms with E-state index in [0.29, 0.717) is 22.7 Å². The Morgan fingerprint density at radius 2 is 1.82 bits per heavy atom. The van der Waals surface area contributed by atoms with Gasteiger partial charge in [0, 0.05) is 0 Å². The summed E-state index contributed by atoms with van der Waals surface area (Å²) in [4.78, 5) is 0. The van der Waals surface area contributed by atoms with E-state index in [1.165, 1.54) is 51.4 Å². The van der Waals surface area contributed by atoms with Crippen molar-refractivity contribution < 1.29 is 5.11 Å². The van der Waals surface area contributed by atoms with Crippen LogP contribution in [0.4, 0.5) is 0 Å². The number of hydrogen-bond donors (Lipinski definition) is 1. The first-order chi connectivity index (χ1) is 13.3. The van der Waals surface area contributed by atoms with Crippen molar-refractivity contribution in [3.05, 3.63) is 23.3 Å². The first-order valence-corrected chi connectivity index (χ1v) is 12.4. The van der Waals surface area contributed by atoms with Gasteiger partial charge in [-0.1, -0.05) is 64.3 Å². The topological polar surface area (TPSA) is 20.2 Å². The average Bonchev–Trinajstić information content (AvgIpc) is 3.03. The van der Waals surface area contributed by atoms with Crippen LogP contribution in [0.3, 0.4) is 0 Å². The fourth-order valence-electron chi connectivity index (χ4n) is 7.98. The Morgan fingerprint density at radius 1 is 1.04 bits per heavy atom. The molecule has 0 amide bonds. The molecule has 2 saturated carbocycles. The second-order valence-electron chi connectivity index (χ2n) is 11.5. The molecule has 4 rings (SSSR count). The van der Waals surface area contributed by atoms with Crippen molar-refractivity contribution in [2.45, 2.75) is 105 Å². The van der Waals surface area contributed by atoms with Crippen LogP contribution in [-0.2, 0) is 0 Å². The van der Waals surface area contributed by atoms with Gasteiger partial charge in [0.15, 0.2) is 0 Å². The zero-order valence-corrected chi connectivity index (χ0v) is 19.1. The number of hydrogen-bond acceptors (Lipinski definition) is 1. The maximum Gasteiger partial charge on any atom is 0.0543 e. The monoisotopic (exact) mass is 384 g/mol. The summed E-state index contributed by atoms with van der Waals surface area (Å²) in [7, 11) is 0. The molecule has 1 heteroatoms. The minimum absolute atomic E-state index is 0.0388. The van der Waals surface area contributed by atoms with E-state index in [0.717, 1.165) is 30.6 Å². The molecule has 0 aliphatic heterocycles. The summed E-state index contributed by atoms with van der Waals surface area (Å²) >= 11 is 0. The van der Waals surface area contributed by atoms with Gasteiger partial charge in [0.2, 0.25) is 0 Å². The van der Waals surface area contributed by atoms with Gasteiger partial charge in [-0.05, 0) is 98.2 Å². The zero-order chi connectivity index (χ0) is 20.1. The summed E-state index contributed by atoms with van der Waals surface area (Å²) in [6.07, 6.45) is 17.8. The number of fused-ring (bicyclic) bond motifs is 4. The standard InChI is InChI=1S/C27H44O/c1-6-18(2)7-8-19(3)23-11-12-24-22-10-9-20-17-21(28)13-15-26(20,4)25(22)14-16-27(23,24)5/h7-8,18-21,23-24,28H,6,9-17H2,1-5H3. The molecule has 8 unspecified atom stereocenters. The number of aliphatic hydroxyl groups is 1. The molecule has 4 aliphatic carbocycles. The molecule has 0 radical (unpaired) electrons. The highest BCUT2D eigenvalue weighted by Crippen LogP contribution is 2.65. The lowest BCUT2D eigenvalue weighted by Crippen LogP contribution is -2.45. The summed E-state index contributed by atoms with van der Waals surface area (Å²) in [6.45, 7) is 12.3. The Morgan fingerprint density at radius 3 is 2.57 bits per heavy atom. The van der Waals surface area contributed by atoms with Gasteiger partial charge in [0.05, 0.1) is 6.10 Å². The fraction of sp³-hybridized carbons (Fsp3) is 0.852. The molecule has 158 valence electrons. The lowest BCUT2D eigenvalue weighted by molar-refractivity contribution is 0.0145. The molecule has 0 saturated heterocycles. The van der Waals surface area contributed by atoms with E-state index in [1.54, 1.807) is 0 Å². The van der Waals surface area contributed by atoms with Crippen molar-refractivity contribution in [3.8, 4) is 0 Å². The van der Waals surface area contributed by atoms with Crippen LogP contribution in [0.5, 0.6) is 0 Å². The number of rotatable bonds is 4. The lowest BCUT2D eigenvalue weighted by atomic mass is 9.50. The largest absolute Gasteiger partial charge is 0.393 e. The van der Waals surface area contributed by atoms with Gasteiger partial charge in [0.1, 0.15) is 0 Å². The molecule has 1 nitrogen and oxygen atoms in total. The Bertz CT molecular complexity index is 645. The van der Waals surface area contributed by atoms with Crippen LogP contribution in [0.2, 0.25) is 0 Å². The van der Waals surface area contributed by atoms with E-state index in [-0.39, 0.29) is 6.10 Å². The average molecular weight is 385 g/mol. The molecule has 4 aliphatic rings. The Hall–Kier alpha value is -0.560. The van der Waals surface area contributed by atoms with Crippen molar-refractivity contribution >= 4 is 0 Å². The molecule has 2 fully saturated rings. The van der Waals surface area contributed by atoms with E-state index in [1.807, 2.05) is 11.1 Å². The van der Waals surface area contributed by atoms with Gasteiger partial charge < -0.3 is 5.11 Å². The minimum atomic E-state index is -0.0388. The predicted molar refractivity (Wildman–Crippen MR) is 119 cm³/mol. The summed E-state index contributed by atoms with van der Waals surface area (Å²) in [6, 6.07) is 0. The molecule has 0 aromatic heterocycles.